The van der Waals surface area contributed by atoms with Crippen LogP contribution in [0.5, 0.6) is 0 Å². The summed E-state index contributed by atoms with van der Waals surface area (Å²) < 4.78 is 5.42. The first-order valence-electron chi connectivity index (χ1n) is 7.18. The molecule has 0 saturated carbocycles. The predicted octanol–water partition coefficient (Wildman–Crippen LogP) is 3.12. The zero-order chi connectivity index (χ0) is 16.2. The molecule has 2 aromatic rings. The van der Waals surface area contributed by atoms with E-state index in [0.29, 0.717) is 11.3 Å². The lowest BCUT2D eigenvalue weighted by atomic mass is 10.0. The summed E-state index contributed by atoms with van der Waals surface area (Å²) in [5, 5.41) is 7.32. The average Bonchev–Trinajstić information content (AvgIpc) is 3.07. The smallest absolute Gasteiger partial charge is 0.338 e. The second kappa shape index (κ2) is 6.66. The van der Waals surface area contributed by atoms with Crippen molar-refractivity contribution in [3.63, 3.8) is 0 Å². The van der Waals surface area contributed by atoms with E-state index in [9.17, 15) is 9.59 Å². The summed E-state index contributed by atoms with van der Waals surface area (Å²) in [5.41, 5.74) is 1.87. The summed E-state index contributed by atoms with van der Waals surface area (Å²) in [6.07, 6.45) is 0. The highest BCUT2D eigenvalue weighted by Crippen LogP contribution is 2.30. The lowest BCUT2D eigenvalue weighted by Crippen LogP contribution is -2.45. The van der Waals surface area contributed by atoms with Gasteiger partial charge in [-0.2, -0.15) is 0 Å². The number of esters is 1. The van der Waals surface area contributed by atoms with E-state index < -0.39 is 12.0 Å². The largest absolute Gasteiger partial charge is 0.457 e. The molecule has 0 bridgehead atoms. The van der Waals surface area contributed by atoms with Crippen LogP contribution in [0, 0.1) is 0 Å². The number of hydrogen-bond donors (Lipinski definition) is 2. The molecule has 118 valence electrons. The highest BCUT2D eigenvalue weighted by molar-refractivity contribution is 7.10. The molecule has 0 spiro atoms. The molecule has 0 aliphatic carbocycles. The minimum Gasteiger partial charge on any atom is -0.457 e. The van der Waals surface area contributed by atoms with E-state index >= 15 is 0 Å². The van der Waals surface area contributed by atoms with Crippen molar-refractivity contribution >= 4 is 23.3 Å². The van der Waals surface area contributed by atoms with Gasteiger partial charge in [-0.05, 0) is 23.9 Å². The third-order valence-electron chi connectivity index (χ3n) is 3.53. The molecule has 23 heavy (non-hydrogen) atoms. The van der Waals surface area contributed by atoms with Crippen LogP contribution < -0.4 is 10.6 Å². The van der Waals surface area contributed by atoms with Crippen molar-refractivity contribution in [1.29, 1.82) is 0 Å². The van der Waals surface area contributed by atoms with Gasteiger partial charge in [-0.3, -0.25) is 0 Å². The standard InChI is InChI=1S/C17H16N2O3S/c1-11-14(16(20)22-10-12-6-3-2-4-7-12)15(19-17(21)18-11)13-8-5-9-23-13/h2-9,15H,10H2,1H3,(H2,18,19,21)/t15-/m1/s1. The molecule has 1 aromatic heterocycles. The van der Waals surface area contributed by atoms with Crippen molar-refractivity contribution in [1.82, 2.24) is 10.6 Å². The van der Waals surface area contributed by atoms with Crippen molar-refractivity contribution in [3.8, 4) is 0 Å². The van der Waals surface area contributed by atoms with Crippen LogP contribution in [0.2, 0.25) is 0 Å². The third kappa shape index (κ3) is 3.43. The van der Waals surface area contributed by atoms with E-state index in [2.05, 4.69) is 10.6 Å². The zero-order valence-corrected chi connectivity index (χ0v) is 13.4. The normalized spacial score (nSPS) is 17.4. The number of hydrogen-bond acceptors (Lipinski definition) is 4. The van der Waals surface area contributed by atoms with Gasteiger partial charge in [0.15, 0.2) is 0 Å². The highest BCUT2D eigenvalue weighted by atomic mass is 32.1. The van der Waals surface area contributed by atoms with Gasteiger partial charge in [-0.1, -0.05) is 36.4 Å². The summed E-state index contributed by atoms with van der Waals surface area (Å²) in [7, 11) is 0. The number of carbonyl (C=O) groups is 2. The van der Waals surface area contributed by atoms with Crippen LogP contribution in [0.25, 0.3) is 0 Å². The van der Waals surface area contributed by atoms with Crippen molar-refractivity contribution < 1.29 is 14.3 Å². The highest BCUT2D eigenvalue weighted by Gasteiger charge is 2.32. The number of benzene rings is 1. The van der Waals surface area contributed by atoms with Gasteiger partial charge in [0.1, 0.15) is 6.61 Å². The van der Waals surface area contributed by atoms with Crippen LogP contribution in [0.4, 0.5) is 4.79 Å². The minimum atomic E-state index is -0.480. The molecule has 0 fully saturated rings. The van der Waals surface area contributed by atoms with Crippen molar-refractivity contribution in [2.75, 3.05) is 0 Å². The van der Waals surface area contributed by atoms with Crippen LogP contribution in [0.3, 0.4) is 0 Å². The van der Waals surface area contributed by atoms with Gasteiger partial charge in [0.2, 0.25) is 0 Å². The minimum absolute atomic E-state index is 0.196. The first-order valence-corrected chi connectivity index (χ1v) is 8.06. The fraction of sp³-hybridized carbons (Fsp3) is 0.176. The topological polar surface area (TPSA) is 67.4 Å². The zero-order valence-electron chi connectivity index (χ0n) is 12.5. The Balaban J connectivity index is 1.81. The average molecular weight is 328 g/mol. The molecule has 0 unspecified atom stereocenters. The lowest BCUT2D eigenvalue weighted by Gasteiger charge is -2.27. The van der Waals surface area contributed by atoms with Gasteiger partial charge in [0.25, 0.3) is 0 Å². The summed E-state index contributed by atoms with van der Waals surface area (Å²) >= 11 is 1.48. The lowest BCUT2D eigenvalue weighted by molar-refractivity contribution is -0.140. The first-order chi connectivity index (χ1) is 11.1. The number of ether oxygens (including phenoxy) is 1. The number of carbonyl (C=O) groups excluding carboxylic acids is 2. The summed E-state index contributed by atoms with van der Waals surface area (Å²) in [5.74, 6) is -0.433. The van der Waals surface area contributed by atoms with Gasteiger partial charge in [0.05, 0.1) is 11.6 Å². The monoisotopic (exact) mass is 328 g/mol. The number of allylic oxidation sites excluding steroid dienone is 1. The number of thiophene rings is 1. The quantitative estimate of drug-likeness (QED) is 0.848. The Bertz CT molecular complexity index is 738. The molecule has 2 amide bonds. The second-order valence-electron chi connectivity index (χ2n) is 5.15. The van der Waals surface area contributed by atoms with Crippen LogP contribution in [0.1, 0.15) is 23.4 Å². The maximum absolute atomic E-state index is 12.5. The van der Waals surface area contributed by atoms with Crippen LogP contribution >= 0.6 is 11.3 Å². The van der Waals surface area contributed by atoms with E-state index in [1.54, 1.807) is 6.92 Å². The molecule has 5 nitrogen and oxygen atoms in total. The SMILES string of the molecule is CC1=C(C(=O)OCc2ccccc2)[C@@H](c2cccs2)NC(=O)N1. The number of rotatable bonds is 4. The molecule has 0 saturated heterocycles. The molecule has 1 aromatic carbocycles. The summed E-state index contributed by atoms with van der Waals surface area (Å²) in [6.45, 7) is 1.90. The Kier molecular flexibility index (Phi) is 4.43. The maximum atomic E-state index is 12.5. The number of nitrogens with one attached hydrogen (secondary N) is 2. The van der Waals surface area contributed by atoms with Gasteiger partial charge in [0, 0.05) is 10.6 Å². The van der Waals surface area contributed by atoms with Crippen molar-refractivity contribution in [2.24, 2.45) is 0 Å². The van der Waals surface area contributed by atoms with Gasteiger partial charge in [-0.25, -0.2) is 9.59 Å². The molecule has 1 aliphatic rings. The molecule has 0 radical (unpaired) electrons. The Labute approximate surface area is 138 Å². The first kappa shape index (κ1) is 15.3. The second-order valence-corrected chi connectivity index (χ2v) is 6.13. The maximum Gasteiger partial charge on any atom is 0.338 e. The molecule has 2 N–H and O–H groups in total. The molecule has 2 heterocycles. The van der Waals surface area contributed by atoms with Crippen molar-refractivity contribution in [2.45, 2.75) is 19.6 Å². The number of urea groups is 1. The Morgan fingerprint density at radius 3 is 2.70 bits per heavy atom. The van der Waals surface area contributed by atoms with E-state index in [0.717, 1.165) is 10.4 Å². The van der Waals surface area contributed by atoms with E-state index in [4.69, 9.17) is 4.74 Å². The van der Waals surface area contributed by atoms with E-state index in [1.807, 2.05) is 47.8 Å². The van der Waals surface area contributed by atoms with Crippen LogP contribution in [-0.4, -0.2) is 12.0 Å². The van der Waals surface area contributed by atoms with Gasteiger partial charge >= 0.3 is 12.0 Å². The molecule has 1 aliphatic heterocycles. The molecule has 3 rings (SSSR count). The van der Waals surface area contributed by atoms with Crippen LogP contribution in [0.15, 0.2) is 59.1 Å². The van der Waals surface area contributed by atoms with Crippen LogP contribution in [-0.2, 0) is 16.1 Å². The van der Waals surface area contributed by atoms with E-state index in [-0.39, 0.29) is 12.6 Å². The fourth-order valence-electron chi connectivity index (χ4n) is 2.43. The Morgan fingerprint density at radius 1 is 1.22 bits per heavy atom. The summed E-state index contributed by atoms with van der Waals surface area (Å²) in [6, 6.07) is 12.5. The van der Waals surface area contributed by atoms with E-state index in [1.165, 1.54) is 11.3 Å². The summed E-state index contributed by atoms with van der Waals surface area (Å²) in [4.78, 5) is 25.1. The number of amides is 2. The molecular formula is C17H16N2O3S. The predicted molar refractivity (Wildman–Crippen MR) is 87.7 cm³/mol. The molecule has 6 heteroatoms. The Hall–Kier alpha value is -2.60. The van der Waals surface area contributed by atoms with Gasteiger partial charge in [-0.15, -0.1) is 11.3 Å². The molecule has 1 atom stereocenters. The molecular weight excluding hydrogens is 312 g/mol. The Morgan fingerprint density at radius 2 is 2.00 bits per heavy atom. The van der Waals surface area contributed by atoms with Gasteiger partial charge < -0.3 is 15.4 Å². The van der Waals surface area contributed by atoms with Crippen molar-refractivity contribution in [3.05, 3.63) is 69.6 Å². The third-order valence-corrected chi connectivity index (χ3v) is 4.47. The fourth-order valence-corrected chi connectivity index (χ4v) is 3.22.